The van der Waals surface area contributed by atoms with E-state index in [0.29, 0.717) is 0 Å². The first-order valence-corrected chi connectivity index (χ1v) is 4.45. The van der Waals surface area contributed by atoms with Crippen molar-refractivity contribution in [1.82, 2.24) is 5.32 Å². The summed E-state index contributed by atoms with van der Waals surface area (Å²) >= 11 is 0. The molecule has 2 rings (SSSR count). The van der Waals surface area contributed by atoms with E-state index in [1.807, 2.05) is 31.3 Å². The lowest BCUT2D eigenvalue weighted by Crippen LogP contribution is -2.30. The van der Waals surface area contributed by atoms with Crippen molar-refractivity contribution in [3.05, 3.63) is 35.4 Å². The first-order valence-electron chi connectivity index (χ1n) is 4.45. The van der Waals surface area contributed by atoms with Gasteiger partial charge < -0.3 is 16.2 Å². The molecule has 3 heteroatoms. The van der Waals surface area contributed by atoms with E-state index in [1.165, 1.54) is 0 Å². The molecular formula is C10H14N2O. The molecule has 0 fully saturated rings. The van der Waals surface area contributed by atoms with Crippen LogP contribution in [0.4, 0.5) is 0 Å². The summed E-state index contributed by atoms with van der Waals surface area (Å²) in [6.45, 7) is 0. The summed E-state index contributed by atoms with van der Waals surface area (Å²) in [5.41, 5.74) is 8.03. The molecule has 0 aromatic heterocycles. The molecule has 2 unspecified atom stereocenters. The molecule has 0 heterocycles. The van der Waals surface area contributed by atoms with Crippen molar-refractivity contribution in [2.45, 2.75) is 18.2 Å². The third kappa shape index (κ3) is 1.16. The maximum absolute atomic E-state index is 9.79. The van der Waals surface area contributed by atoms with E-state index < -0.39 is 6.10 Å². The summed E-state index contributed by atoms with van der Waals surface area (Å²) in [6.07, 6.45) is -0.512. The fourth-order valence-electron chi connectivity index (χ4n) is 2.00. The molecule has 0 amide bonds. The Balaban J connectivity index is 2.47. The van der Waals surface area contributed by atoms with Crippen molar-refractivity contribution in [1.29, 1.82) is 0 Å². The van der Waals surface area contributed by atoms with E-state index in [4.69, 9.17) is 5.73 Å². The Kier molecular flexibility index (Phi) is 2.07. The summed E-state index contributed by atoms with van der Waals surface area (Å²) in [5.74, 6) is 0. The van der Waals surface area contributed by atoms with Crippen LogP contribution in [0.25, 0.3) is 0 Å². The molecule has 1 aliphatic rings. The van der Waals surface area contributed by atoms with Gasteiger partial charge in [-0.25, -0.2) is 0 Å². The van der Waals surface area contributed by atoms with E-state index >= 15 is 0 Å². The molecule has 0 spiro atoms. The predicted molar refractivity (Wildman–Crippen MR) is 51.2 cm³/mol. The number of likely N-dealkylation sites (N-methyl/N-ethyl adjacent to an activating group) is 1. The number of hydrogen-bond acceptors (Lipinski definition) is 3. The quantitative estimate of drug-likeness (QED) is 0.580. The standard InChI is InChI=1S/C10H14N2O/c1-12-9-7-5-3-2-4-6(7)8(11)10(9)13/h2-5,8-10,12-13H,11H2,1H3/t8-,9?,10?/m1/s1. The van der Waals surface area contributed by atoms with Crippen LogP contribution < -0.4 is 11.1 Å². The smallest absolute Gasteiger partial charge is 0.0927 e. The number of benzene rings is 1. The third-order valence-corrected chi connectivity index (χ3v) is 2.71. The Hall–Kier alpha value is -0.900. The van der Waals surface area contributed by atoms with Crippen molar-refractivity contribution in [3.63, 3.8) is 0 Å². The number of nitrogens with two attached hydrogens (primary N) is 1. The van der Waals surface area contributed by atoms with Crippen LogP contribution in [-0.2, 0) is 0 Å². The fourth-order valence-corrected chi connectivity index (χ4v) is 2.00. The molecule has 0 radical (unpaired) electrons. The molecule has 1 aliphatic carbocycles. The van der Waals surface area contributed by atoms with Crippen molar-refractivity contribution in [2.24, 2.45) is 5.73 Å². The number of nitrogens with one attached hydrogen (secondary N) is 1. The zero-order valence-electron chi connectivity index (χ0n) is 7.57. The van der Waals surface area contributed by atoms with Crippen LogP contribution in [0.1, 0.15) is 23.2 Å². The van der Waals surface area contributed by atoms with Crippen LogP contribution in [0.15, 0.2) is 24.3 Å². The number of hydrogen-bond donors (Lipinski definition) is 3. The Bertz CT molecular complexity index is 314. The first kappa shape index (κ1) is 8.69. The monoisotopic (exact) mass is 178 g/mol. The molecule has 70 valence electrons. The van der Waals surface area contributed by atoms with Crippen LogP contribution in [0.5, 0.6) is 0 Å². The topological polar surface area (TPSA) is 58.3 Å². The number of rotatable bonds is 1. The van der Waals surface area contributed by atoms with E-state index in [0.717, 1.165) is 11.1 Å². The van der Waals surface area contributed by atoms with Gasteiger partial charge >= 0.3 is 0 Å². The average molecular weight is 178 g/mol. The Morgan fingerprint density at radius 2 is 1.92 bits per heavy atom. The molecule has 0 saturated heterocycles. The fraction of sp³-hybridized carbons (Fsp3) is 0.400. The zero-order valence-corrected chi connectivity index (χ0v) is 7.57. The second-order valence-electron chi connectivity index (χ2n) is 3.41. The normalized spacial score (nSPS) is 31.8. The van der Waals surface area contributed by atoms with Crippen molar-refractivity contribution in [3.8, 4) is 0 Å². The highest BCUT2D eigenvalue weighted by Crippen LogP contribution is 2.36. The highest BCUT2D eigenvalue weighted by Gasteiger charge is 2.35. The minimum Gasteiger partial charge on any atom is -0.389 e. The number of fused-ring (bicyclic) bond motifs is 1. The minimum atomic E-state index is -0.512. The lowest BCUT2D eigenvalue weighted by atomic mass is 10.1. The first-order chi connectivity index (χ1) is 6.25. The lowest BCUT2D eigenvalue weighted by Gasteiger charge is -2.16. The minimum absolute atomic E-state index is 0.0220. The largest absolute Gasteiger partial charge is 0.389 e. The van der Waals surface area contributed by atoms with Crippen LogP contribution >= 0.6 is 0 Å². The van der Waals surface area contributed by atoms with E-state index in [1.54, 1.807) is 0 Å². The summed E-state index contributed by atoms with van der Waals surface area (Å²) in [7, 11) is 1.84. The van der Waals surface area contributed by atoms with Gasteiger partial charge in [-0.2, -0.15) is 0 Å². The van der Waals surface area contributed by atoms with Gasteiger partial charge in [0.1, 0.15) is 0 Å². The van der Waals surface area contributed by atoms with Gasteiger partial charge in [0.05, 0.1) is 18.2 Å². The van der Waals surface area contributed by atoms with Crippen LogP contribution in [0, 0.1) is 0 Å². The van der Waals surface area contributed by atoms with Gasteiger partial charge in [0.2, 0.25) is 0 Å². The Morgan fingerprint density at radius 1 is 1.31 bits per heavy atom. The molecule has 1 aromatic carbocycles. The molecule has 13 heavy (non-hydrogen) atoms. The van der Waals surface area contributed by atoms with E-state index in [2.05, 4.69) is 5.32 Å². The Morgan fingerprint density at radius 3 is 2.54 bits per heavy atom. The average Bonchev–Trinajstić information content (AvgIpc) is 2.41. The second-order valence-corrected chi connectivity index (χ2v) is 3.41. The molecule has 3 nitrogen and oxygen atoms in total. The van der Waals surface area contributed by atoms with Gasteiger partial charge in [0.15, 0.2) is 0 Å². The van der Waals surface area contributed by atoms with Crippen LogP contribution in [0.2, 0.25) is 0 Å². The van der Waals surface area contributed by atoms with Gasteiger partial charge in [-0.1, -0.05) is 24.3 Å². The SMILES string of the molecule is CNC1c2ccccc2[C@@H](N)C1O. The molecule has 0 bridgehead atoms. The van der Waals surface area contributed by atoms with Crippen LogP contribution in [-0.4, -0.2) is 18.3 Å². The van der Waals surface area contributed by atoms with Crippen molar-refractivity contribution in [2.75, 3.05) is 7.05 Å². The molecule has 4 N–H and O–H groups in total. The van der Waals surface area contributed by atoms with Crippen molar-refractivity contribution >= 4 is 0 Å². The Labute approximate surface area is 77.6 Å². The summed E-state index contributed by atoms with van der Waals surface area (Å²) in [4.78, 5) is 0. The number of aliphatic hydroxyl groups excluding tert-OH is 1. The molecule has 3 atom stereocenters. The summed E-state index contributed by atoms with van der Waals surface area (Å²) in [6, 6.07) is 7.62. The summed E-state index contributed by atoms with van der Waals surface area (Å²) in [5, 5.41) is 12.9. The zero-order chi connectivity index (χ0) is 9.42. The number of aliphatic hydroxyl groups is 1. The molecular weight excluding hydrogens is 164 g/mol. The van der Waals surface area contributed by atoms with Crippen LogP contribution in [0.3, 0.4) is 0 Å². The third-order valence-electron chi connectivity index (χ3n) is 2.71. The maximum Gasteiger partial charge on any atom is 0.0927 e. The predicted octanol–water partition coefficient (Wildman–Crippen LogP) is 0.321. The molecule has 0 aliphatic heterocycles. The molecule has 1 aromatic rings. The maximum atomic E-state index is 9.79. The lowest BCUT2D eigenvalue weighted by molar-refractivity contribution is 0.120. The van der Waals surface area contributed by atoms with E-state index in [-0.39, 0.29) is 12.1 Å². The van der Waals surface area contributed by atoms with E-state index in [9.17, 15) is 5.11 Å². The summed E-state index contributed by atoms with van der Waals surface area (Å²) < 4.78 is 0. The highest BCUT2D eigenvalue weighted by atomic mass is 16.3. The highest BCUT2D eigenvalue weighted by molar-refractivity contribution is 5.39. The van der Waals surface area contributed by atoms with Crippen molar-refractivity contribution < 1.29 is 5.11 Å². The van der Waals surface area contributed by atoms with Gasteiger partial charge in [-0.05, 0) is 18.2 Å². The second kappa shape index (κ2) is 3.10. The van der Waals surface area contributed by atoms with Gasteiger partial charge in [-0.3, -0.25) is 0 Å². The molecule has 0 saturated carbocycles. The van der Waals surface area contributed by atoms with Gasteiger partial charge in [0, 0.05) is 0 Å². The van der Waals surface area contributed by atoms with Gasteiger partial charge in [0.25, 0.3) is 0 Å². The van der Waals surface area contributed by atoms with Gasteiger partial charge in [-0.15, -0.1) is 0 Å².